The summed E-state index contributed by atoms with van der Waals surface area (Å²) < 4.78 is 0. The summed E-state index contributed by atoms with van der Waals surface area (Å²) in [5.41, 5.74) is 4.12. The van der Waals surface area contributed by atoms with Gasteiger partial charge in [0.15, 0.2) is 0 Å². The van der Waals surface area contributed by atoms with Crippen molar-refractivity contribution in [3.8, 4) is 12.1 Å². The molecule has 0 spiro atoms. The predicted molar refractivity (Wildman–Crippen MR) is 80.4 cm³/mol. The van der Waals surface area contributed by atoms with E-state index >= 15 is 0 Å². The Kier molecular flexibility index (Phi) is 3.87. The molecule has 0 N–H and O–H groups in total. The lowest BCUT2D eigenvalue weighted by molar-refractivity contribution is 0.162. The second kappa shape index (κ2) is 5.29. The highest BCUT2D eigenvalue weighted by Crippen LogP contribution is 2.54. The predicted octanol–water partition coefficient (Wildman–Crippen LogP) is 4.68. The largest absolute Gasteiger partial charge is 0.192 e. The van der Waals surface area contributed by atoms with Crippen LogP contribution in [-0.4, -0.2) is 0 Å². The van der Waals surface area contributed by atoms with E-state index in [0.717, 1.165) is 31.3 Å². The summed E-state index contributed by atoms with van der Waals surface area (Å²) in [6, 6.07) is 4.07. The van der Waals surface area contributed by atoms with Gasteiger partial charge >= 0.3 is 0 Å². The molecule has 2 rings (SSSR count). The quantitative estimate of drug-likeness (QED) is 0.511. The summed E-state index contributed by atoms with van der Waals surface area (Å²) >= 11 is 0. The van der Waals surface area contributed by atoms with Gasteiger partial charge in [0, 0.05) is 0 Å². The zero-order valence-corrected chi connectivity index (χ0v) is 12.7. The fraction of sp³-hybridized carbons (Fsp3) is 0.556. The number of nitrogens with zero attached hydrogens (tertiary/aromatic N) is 2. The minimum absolute atomic E-state index is 0.196. The Bertz CT molecular complexity index is 564. The molecule has 0 saturated heterocycles. The van der Waals surface area contributed by atoms with Gasteiger partial charge in [-0.15, -0.1) is 0 Å². The van der Waals surface area contributed by atoms with E-state index in [1.807, 2.05) is 12.1 Å². The van der Waals surface area contributed by atoms with Crippen LogP contribution in [0, 0.1) is 39.9 Å². The van der Waals surface area contributed by atoms with Gasteiger partial charge in [0.2, 0.25) is 0 Å². The van der Waals surface area contributed by atoms with Crippen LogP contribution in [0.3, 0.4) is 0 Å². The summed E-state index contributed by atoms with van der Waals surface area (Å²) in [6.45, 7) is 10.8. The highest BCUT2D eigenvalue weighted by atomic mass is 14.5. The summed E-state index contributed by atoms with van der Waals surface area (Å²) in [5, 5.41) is 18.1. The van der Waals surface area contributed by atoms with Crippen LogP contribution in [0.1, 0.15) is 46.5 Å². The highest BCUT2D eigenvalue weighted by Gasteiger charge is 2.43. The van der Waals surface area contributed by atoms with Crippen molar-refractivity contribution in [1.29, 1.82) is 10.5 Å². The van der Waals surface area contributed by atoms with Gasteiger partial charge in [-0.3, -0.25) is 0 Å². The molecule has 0 unspecified atom stereocenters. The number of fused-ring (bicyclic) bond motifs is 1. The molecule has 0 aromatic heterocycles. The first-order valence-electron chi connectivity index (χ1n) is 7.32. The Labute approximate surface area is 122 Å². The van der Waals surface area contributed by atoms with E-state index in [-0.39, 0.29) is 11.0 Å². The molecule has 104 valence electrons. The number of nitriles is 2. The molecule has 2 aliphatic rings. The zero-order valence-electron chi connectivity index (χ0n) is 12.7. The molecule has 0 heterocycles. The van der Waals surface area contributed by atoms with E-state index in [9.17, 15) is 0 Å². The van der Waals surface area contributed by atoms with Gasteiger partial charge in [-0.05, 0) is 55.4 Å². The van der Waals surface area contributed by atoms with Gasteiger partial charge in [-0.25, -0.2) is 0 Å². The summed E-state index contributed by atoms with van der Waals surface area (Å²) in [6.07, 6.45) is 6.32. The lowest BCUT2D eigenvalue weighted by Crippen LogP contribution is -2.37. The number of allylic oxidation sites excluding steroid dienone is 5. The van der Waals surface area contributed by atoms with Gasteiger partial charge < -0.3 is 0 Å². The summed E-state index contributed by atoms with van der Waals surface area (Å²) in [4.78, 5) is 0. The number of hydrogen-bond acceptors (Lipinski definition) is 2. The molecule has 0 aromatic rings. The number of hydrogen-bond donors (Lipinski definition) is 0. The van der Waals surface area contributed by atoms with Crippen LogP contribution in [0.15, 0.2) is 34.9 Å². The summed E-state index contributed by atoms with van der Waals surface area (Å²) in [5.74, 6) is 1.08. The van der Waals surface area contributed by atoms with E-state index in [2.05, 4.69) is 33.4 Å². The lowest BCUT2D eigenvalue weighted by atomic mass is 9.57. The maximum Gasteiger partial charge on any atom is 0.132 e. The molecule has 0 aliphatic heterocycles. The van der Waals surface area contributed by atoms with Gasteiger partial charge in [-0.2, -0.15) is 10.5 Å². The molecule has 0 amide bonds. The SMILES string of the molecule is C=C(C)[C@@H]1CCC2=CC(=C(C#N)C#N)C[C@@H](C)[C@]2(C)C1. The molecule has 3 atom stereocenters. The molecule has 2 aliphatic carbocycles. The fourth-order valence-electron chi connectivity index (χ4n) is 3.70. The second-order valence-corrected chi connectivity index (χ2v) is 6.60. The van der Waals surface area contributed by atoms with Crippen molar-refractivity contribution >= 4 is 0 Å². The van der Waals surface area contributed by atoms with Crippen LogP contribution >= 0.6 is 0 Å². The second-order valence-electron chi connectivity index (χ2n) is 6.60. The molecule has 0 bridgehead atoms. The Hall–Kier alpha value is -1.80. The first-order valence-corrected chi connectivity index (χ1v) is 7.32. The molecule has 0 radical (unpaired) electrons. The standard InChI is InChI=1S/C18H22N2/c1-12(2)14-5-6-17-8-15(16(10-19)11-20)7-13(3)18(17,4)9-14/h8,13-14H,1,5-7,9H2,2-4H3/t13-,14-,18+/m1/s1. The van der Waals surface area contributed by atoms with Crippen molar-refractivity contribution < 1.29 is 0 Å². The Morgan fingerprint density at radius 1 is 1.40 bits per heavy atom. The minimum Gasteiger partial charge on any atom is -0.192 e. The van der Waals surface area contributed by atoms with Crippen molar-refractivity contribution in [3.05, 3.63) is 34.9 Å². The van der Waals surface area contributed by atoms with Crippen molar-refractivity contribution in [3.63, 3.8) is 0 Å². The van der Waals surface area contributed by atoms with E-state index in [1.54, 1.807) is 0 Å². The lowest BCUT2D eigenvalue weighted by Gasteiger charge is -2.48. The van der Waals surface area contributed by atoms with Gasteiger partial charge in [0.1, 0.15) is 17.7 Å². The van der Waals surface area contributed by atoms with Crippen molar-refractivity contribution in [2.24, 2.45) is 17.3 Å². The maximum atomic E-state index is 9.07. The first kappa shape index (κ1) is 14.6. The minimum atomic E-state index is 0.196. The molecule has 2 heteroatoms. The maximum absolute atomic E-state index is 9.07. The average molecular weight is 266 g/mol. The highest BCUT2D eigenvalue weighted by molar-refractivity contribution is 5.48. The van der Waals surface area contributed by atoms with Gasteiger partial charge in [-0.1, -0.05) is 37.6 Å². The van der Waals surface area contributed by atoms with Crippen molar-refractivity contribution in [2.75, 3.05) is 0 Å². The Balaban J connectivity index is 2.42. The van der Waals surface area contributed by atoms with Crippen LogP contribution in [0.25, 0.3) is 0 Å². The van der Waals surface area contributed by atoms with E-state index in [1.165, 1.54) is 11.1 Å². The third kappa shape index (κ3) is 2.32. The Morgan fingerprint density at radius 2 is 2.05 bits per heavy atom. The summed E-state index contributed by atoms with van der Waals surface area (Å²) in [7, 11) is 0. The normalized spacial score (nSPS) is 32.5. The topological polar surface area (TPSA) is 47.6 Å². The molecule has 20 heavy (non-hydrogen) atoms. The van der Waals surface area contributed by atoms with Crippen molar-refractivity contribution in [1.82, 2.24) is 0 Å². The molecule has 0 aromatic carbocycles. The molecular formula is C18H22N2. The van der Waals surface area contributed by atoms with Crippen molar-refractivity contribution in [2.45, 2.75) is 46.5 Å². The zero-order chi connectivity index (χ0) is 14.9. The smallest absolute Gasteiger partial charge is 0.132 e. The van der Waals surface area contributed by atoms with Crippen LogP contribution in [0.2, 0.25) is 0 Å². The van der Waals surface area contributed by atoms with Gasteiger partial charge in [0.25, 0.3) is 0 Å². The molecule has 1 saturated carbocycles. The third-order valence-electron chi connectivity index (χ3n) is 5.37. The molecular weight excluding hydrogens is 244 g/mol. The monoisotopic (exact) mass is 266 g/mol. The van der Waals surface area contributed by atoms with E-state index < -0.39 is 0 Å². The molecule has 2 nitrogen and oxygen atoms in total. The Morgan fingerprint density at radius 3 is 2.60 bits per heavy atom. The average Bonchev–Trinajstić information content (AvgIpc) is 2.41. The van der Waals surface area contributed by atoms with Crippen LogP contribution in [0.5, 0.6) is 0 Å². The third-order valence-corrected chi connectivity index (χ3v) is 5.37. The number of rotatable bonds is 1. The first-order chi connectivity index (χ1) is 9.42. The van der Waals surface area contributed by atoms with E-state index in [0.29, 0.717) is 11.8 Å². The van der Waals surface area contributed by atoms with Crippen LogP contribution in [0.4, 0.5) is 0 Å². The van der Waals surface area contributed by atoms with Crippen LogP contribution in [-0.2, 0) is 0 Å². The molecule has 1 fully saturated rings. The fourth-order valence-corrected chi connectivity index (χ4v) is 3.70. The van der Waals surface area contributed by atoms with Crippen LogP contribution < -0.4 is 0 Å². The van der Waals surface area contributed by atoms with E-state index in [4.69, 9.17) is 10.5 Å². The van der Waals surface area contributed by atoms with Gasteiger partial charge in [0.05, 0.1) is 0 Å².